The van der Waals surface area contributed by atoms with Gasteiger partial charge in [-0.15, -0.1) is 0 Å². The molecule has 35 heavy (non-hydrogen) atoms. The number of amides is 1. The third-order valence-electron chi connectivity index (χ3n) is 4.60. The lowest BCUT2D eigenvalue weighted by Gasteiger charge is -2.21. The summed E-state index contributed by atoms with van der Waals surface area (Å²) in [6.07, 6.45) is -7.29. The third-order valence-corrected chi connectivity index (χ3v) is 5.22. The van der Waals surface area contributed by atoms with Gasteiger partial charge in [0.2, 0.25) is 0 Å². The average Bonchev–Trinajstić information content (AvgIpc) is 2.76. The molecule has 0 saturated heterocycles. The number of nitrogens with zero attached hydrogens (tertiary/aromatic N) is 1. The van der Waals surface area contributed by atoms with Gasteiger partial charge in [-0.25, -0.2) is 18.6 Å². The molecule has 0 spiro atoms. The van der Waals surface area contributed by atoms with Crippen molar-refractivity contribution in [2.75, 3.05) is 5.32 Å². The second kappa shape index (κ2) is 10.0. The Morgan fingerprint density at radius 2 is 1.74 bits per heavy atom. The van der Waals surface area contributed by atoms with Crippen molar-refractivity contribution in [1.82, 2.24) is 4.98 Å². The SMILES string of the molecule is CC(Oc1cc(-c2ccc(Cl)c(C(=O)O)n2)c(F)cc1C(=O)Nc1c(F)cccc1Cl)C(F)(F)F. The zero-order valence-corrected chi connectivity index (χ0v) is 18.9. The van der Waals surface area contributed by atoms with Crippen LogP contribution in [0.4, 0.5) is 27.6 Å². The van der Waals surface area contributed by atoms with Crippen LogP contribution < -0.4 is 10.1 Å². The molecule has 2 aromatic carbocycles. The lowest BCUT2D eigenvalue weighted by atomic mass is 10.0. The van der Waals surface area contributed by atoms with Crippen LogP contribution in [0, 0.1) is 11.6 Å². The molecule has 1 atom stereocenters. The fourth-order valence-electron chi connectivity index (χ4n) is 2.82. The molecule has 0 aliphatic carbocycles. The van der Waals surface area contributed by atoms with Crippen molar-refractivity contribution in [1.29, 1.82) is 0 Å². The largest absolute Gasteiger partial charge is 0.480 e. The maximum Gasteiger partial charge on any atom is 0.425 e. The van der Waals surface area contributed by atoms with Gasteiger partial charge in [-0.05, 0) is 43.3 Å². The van der Waals surface area contributed by atoms with E-state index in [0.717, 1.165) is 24.3 Å². The molecule has 0 bridgehead atoms. The fraction of sp³-hybridized carbons (Fsp3) is 0.136. The molecule has 13 heteroatoms. The lowest BCUT2D eigenvalue weighted by Crippen LogP contribution is -2.32. The van der Waals surface area contributed by atoms with E-state index in [2.05, 4.69) is 10.3 Å². The first-order valence-corrected chi connectivity index (χ1v) is 10.3. The zero-order chi connectivity index (χ0) is 26.1. The number of aromatic carboxylic acids is 1. The van der Waals surface area contributed by atoms with Crippen LogP contribution >= 0.6 is 23.2 Å². The van der Waals surface area contributed by atoms with E-state index in [-0.39, 0.29) is 15.7 Å². The van der Waals surface area contributed by atoms with Crippen molar-refractivity contribution in [2.45, 2.75) is 19.2 Å². The van der Waals surface area contributed by atoms with Crippen LogP contribution in [0.15, 0.2) is 42.5 Å². The summed E-state index contributed by atoms with van der Waals surface area (Å²) in [5, 5.41) is 10.8. The highest BCUT2D eigenvalue weighted by Gasteiger charge is 2.39. The Balaban J connectivity index is 2.13. The van der Waals surface area contributed by atoms with E-state index in [0.29, 0.717) is 13.0 Å². The Kier molecular flexibility index (Phi) is 7.51. The number of nitrogens with one attached hydrogen (secondary N) is 1. The van der Waals surface area contributed by atoms with Gasteiger partial charge in [0.25, 0.3) is 5.91 Å². The second-order valence-corrected chi connectivity index (χ2v) is 7.83. The summed E-state index contributed by atoms with van der Waals surface area (Å²) < 4.78 is 73.4. The molecule has 3 rings (SSSR count). The Morgan fingerprint density at radius 3 is 2.34 bits per heavy atom. The Bertz CT molecular complexity index is 1300. The molecule has 0 fully saturated rings. The summed E-state index contributed by atoms with van der Waals surface area (Å²) >= 11 is 11.6. The number of carboxylic acid groups (broad SMARTS) is 1. The summed E-state index contributed by atoms with van der Waals surface area (Å²) in [6, 6.07) is 7.01. The highest BCUT2D eigenvalue weighted by molar-refractivity contribution is 6.34. The molecule has 0 aliphatic heterocycles. The number of carbonyl (C=O) groups excluding carboxylic acids is 1. The first-order chi connectivity index (χ1) is 16.3. The van der Waals surface area contributed by atoms with Gasteiger partial charge in [-0.1, -0.05) is 29.3 Å². The van der Waals surface area contributed by atoms with Crippen LogP contribution in [0.3, 0.4) is 0 Å². The third kappa shape index (κ3) is 5.80. The molecule has 2 N–H and O–H groups in total. The molecular weight excluding hydrogens is 522 g/mol. The summed E-state index contributed by atoms with van der Waals surface area (Å²) in [5.74, 6) is -5.59. The van der Waals surface area contributed by atoms with E-state index in [4.69, 9.17) is 27.9 Å². The molecule has 3 aromatic rings. The molecule has 184 valence electrons. The molecule has 0 saturated carbocycles. The normalized spacial score (nSPS) is 12.2. The Morgan fingerprint density at radius 1 is 1.06 bits per heavy atom. The van der Waals surface area contributed by atoms with Crippen molar-refractivity contribution >= 4 is 40.8 Å². The molecule has 1 aromatic heterocycles. The smallest absolute Gasteiger partial charge is 0.425 e. The number of rotatable bonds is 6. The van der Waals surface area contributed by atoms with Crippen LogP contribution in [-0.4, -0.2) is 34.2 Å². The second-order valence-electron chi connectivity index (χ2n) is 7.01. The number of carboxylic acids is 1. The summed E-state index contributed by atoms with van der Waals surface area (Å²) in [4.78, 5) is 27.8. The van der Waals surface area contributed by atoms with Gasteiger partial charge in [0, 0.05) is 5.56 Å². The topological polar surface area (TPSA) is 88.5 Å². The number of aromatic nitrogens is 1. The number of benzene rings is 2. The van der Waals surface area contributed by atoms with Gasteiger partial charge in [0.05, 0.1) is 27.0 Å². The molecule has 1 heterocycles. The predicted octanol–water partition coefficient (Wildman–Crippen LogP) is 6.61. The van der Waals surface area contributed by atoms with Crippen molar-refractivity contribution in [3.8, 4) is 17.0 Å². The Labute approximate surface area is 204 Å². The molecule has 1 amide bonds. The number of hydrogen-bond donors (Lipinski definition) is 2. The maximum absolute atomic E-state index is 15.0. The number of alkyl halides is 3. The molecule has 0 radical (unpaired) electrons. The number of para-hydroxylation sites is 1. The predicted molar refractivity (Wildman–Crippen MR) is 117 cm³/mol. The minimum Gasteiger partial charge on any atom is -0.480 e. The zero-order valence-electron chi connectivity index (χ0n) is 17.4. The van der Waals surface area contributed by atoms with Crippen LogP contribution in [0.2, 0.25) is 10.0 Å². The number of halogens is 7. The highest BCUT2D eigenvalue weighted by Crippen LogP contribution is 2.35. The number of carbonyl (C=O) groups is 2. The van der Waals surface area contributed by atoms with Crippen molar-refractivity contribution in [2.24, 2.45) is 0 Å². The van der Waals surface area contributed by atoms with Crippen LogP contribution in [0.5, 0.6) is 5.75 Å². The van der Waals surface area contributed by atoms with Crippen molar-refractivity contribution in [3.63, 3.8) is 0 Å². The Hall–Kier alpha value is -3.44. The monoisotopic (exact) mass is 534 g/mol. The first kappa shape index (κ1) is 26.2. The molecular formula is C22H13Cl2F5N2O4. The average molecular weight is 535 g/mol. The van der Waals surface area contributed by atoms with Crippen molar-refractivity contribution in [3.05, 3.63) is 75.4 Å². The van der Waals surface area contributed by atoms with E-state index in [1.807, 2.05) is 0 Å². The van der Waals surface area contributed by atoms with E-state index >= 15 is 0 Å². The quantitative estimate of drug-likeness (QED) is 0.347. The fourth-order valence-corrected chi connectivity index (χ4v) is 3.22. The standard InChI is InChI=1S/C22H13Cl2F5N2O4/c1-9(22(27,28)29)35-17-8-10(16-6-5-13(24)19(30-16)21(33)34)15(26)7-11(17)20(32)31-18-12(23)3-2-4-14(18)25/h2-9H,1H3,(H,31,32)(H,33,34). The maximum atomic E-state index is 15.0. The molecule has 1 unspecified atom stereocenters. The van der Waals surface area contributed by atoms with Gasteiger partial charge in [0.15, 0.2) is 11.8 Å². The van der Waals surface area contributed by atoms with Gasteiger partial charge >= 0.3 is 12.1 Å². The molecule has 6 nitrogen and oxygen atoms in total. The van der Waals surface area contributed by atoms with Gasteiger partial charge < -0.3 is 15.2 Å². The number of pyridine rings is 1. The van der Waals surface area contributed by atoms with Gasteiger partial charge in [-0.3, -0.25) is 4.79 Å². The minimum absolute atomic E-state index is 0.215. The highest BCUT2D eigenvalue weighted by atomic mass is 35.5. The van der Waals surface area contributed by atoms with Crippen LogP contribution in [0.25, 0.3) is 11.3 Å². The van der Waals surface area contributed by atoms with Crippen LogP contribution in [-0.2, 0) is 0 Å². The van der Waals surface area contributed by atoms with E-state index in [1.54, 1.807) is 0 Å². The summed E-state index contributed by atoms with van der Waals surface area (Å²) in [6.45, 7) is 0.654. The van der Waals surface area contributed by atoms with Gasteiger partial charge in [-0.2, -0.15) is 13.2 Å². The summed E-state index contributed by atoms with van der Waals surface area (Å²) in [5.41, 5.74) is -2.62. The van der Waals surface area contributed by atoms with E-state index in [9.17, 15) is 36.6 Å². The van der Waals surface area contributed by atoms with Crippen LogP contribution in [0.1, 0.15) is 27.8 Å². The minimum atomic E-state index is -4.86. The van der Waals surface area contributed by atoms with E-state index in [1.165, 1.54) is 12.1 Å². The lowest BCUT2D eigenvalue weighted by molar-refractivity contribution is -0.189. The summed E-state index contributed by atoms with van der Waals surface area (Å²) in [7, 11) is 0. The number of hydrogen-bond acceptors (Lipinski definition) is 4. The number of anilines is 1. The van der Waals surface area contributed by atoms with Gasteiger partial charge in [0.1, 0.15) is 17.4 Å². The van der Waals surface area contributed by atoms with Crippen molar-refractivity contribution < 1.29 is 41.4 Å². The first-order valence-electron chi connectivity index (χ1n) is 9.52. The number of ether oxygens (including phenoxy) is 1. The molecule has 0 aliphatic rings. The van der Waals surface area contributed by atoms with E-state index < -0.39 is 64.0 Å².